The molecule has 0 amide bonds. The number of nitrogens with two attached hydrogens (primary N) is 1. The zero-order valence-corrected chi connectivity index (χ0v) is 14.7. The van der Waals surface area contributed by atoms with Gasteiger partial charge in [0.25, 0.3) is 10.9 Å². The normalized spacial score (nSPS) is 15.4. The minimum absolute atomic E-state index is 0.0112. The van der Waals surface area contributed by atoms with Crippen LogP contribution < -0.4 is 26.5 Å². The highest BCUT2D eigenvalue weighted by Gasteiger charge is 2.25. The monoisotopic (exact) mass is 343 g/mol. The molecule has 0 atom stereocenters. The molecule has 2 aromatic rings. The molecule has 2 aromatic carbocycles. The standard InChI is InChI=1S/C19H25N3O3/c1-2-9-22(17-16(20)18(23)19(17)24)25-15-8-6-7-14(12-15)13-21-10-4-3-5-11-21/h6-8,12H,2-5,9-11,13,20H2,1H3. The van der Waals surface area contributed by atoms with Gasteiger partial charge in [0.05, 0.1) is 6.54 Å². The molecule has 1 aliphatic heterocycles. The second kappa shape index (κ2) is 7.70. The number of anilines is 2. The van der Waals surface area contributed by atoms with Crippen molar-refractivity contribution < 1.29 is 4.84 Å². The first-order valence-corrected chi connectivity index (χ1v) is 8.95. The molecule has 3 rings (SSSR count). The maximum atomic E-state index is 11.8. The molecule has 6 heteroatoms. The number of hydroxylamine groups is 1. The van der Waals surface area contributed by atoms with E-state index in [0.29, 0.717) is 12.3 Å². The Morgan fingerprint density at radius 1 is 1.16 bits per heavy atom. The SMILES string of the molecule is CCCN(Oc1cccc(CN2CCCCC2)c1)c1c(N)c(=O)c1=O. The number of piperidine rings is 1. The lowest BCUT2D eigenvalue weighted by Crippen LogP contribution is -2.44. The van der Waals surface area contributed by atoms with E-state index in [0.717, 1.165) is 26.1 Å². The first-order chi connectivity index (χ1) is 12.1. The lowest BCUT2D eigenvalue weighted by atomic mass is 10.1. The third-order valence-electron chi connectivity index (χ3n) is 4.57. The molecule has 1 aliphatic rings. The predicted molar refractivity (Wildman–Crippen MR) is 99.6 cm³/mol. The smallest absolute Gasteiger partial charge is 0.256 e. The zero-order chi connectivity index (χ0) is 17.8. The lowest BCUT2D eigenvalue weighted by Gasteiger charge is -2.27. The van der Waals surface area contributed by atoms with Crippen molar-refractivity contribution in [3.63, 3.8) is 0 Å². The van der Waals surface area contributed by atoms with Crippen molar-refractivity contribution in [1.82, 2.24) is 4.90 Å². The molecule has 6 nitrogen and oxygen atoms in total. The molecule has 0 bridgehead atoms. The zero-order valence-electron chi connectivity index (χ0n) is 14.7. The van der Waals surface area contributed by atoms with E-state index in [1.807, 2.05) is 25.1 Å². The Morgan fingerprint density at radius 2 is 1.92 bits per heavy atom. The lowest BCUT2D eigenvalue weighted by molar-refractivity contribution is 0.220. The number of nitrogen functional groups attached to an aromatic ring is 1. The molecule has 0 radical (unpaired) electrons. The van der Waals surface area contributed by atoms with Gasteiger partial charge in [-0.15, -0.1) is 0 Å². The fourth-order valence-electron chi connectivity index (χ4n) is 3.25. The Bertz CT molecular complexity index is 789. The van der Waals surface area contributed by atoms with Crippen LogP contribution in [0.1, 0.15) is 38.2 Å². The van der Waals surface area contributed by atoms with Crippen LogP contribution in [-0.2, 0) is 6.54 Å². The summed E-state index contributed by atoms with van der Waals surface area (Å²) in [6, 6.07) is 7.87. The Balaban J connectivity index is 1.73. The molecule has 1 saturated heterocycles. The summed E-state index contributed by atoms with van der Waals surface area (Å²) in [6.07, 6.45) is 4.59. The minimum atomic E-state index is -0.626. The topological polar surface area (TPSA) is 75.9 Å². The Kier molecular flexibility index (Phi) is 5.38. The molecule has 0 aromatic heterocycles. The largest absolute Gasteiger partial charge is 0.394 e. The van der Waals surface area contributed by atoms with Crippen LogP contribution in [0.25, 0.3) is 0 Å². The van der Waals surface area contributed by atoms with Crippen molar-refractivity contribution in [2.75, 3.05) is 30.4 Å². The molecule has 2 N–H and O–H groups in total. The molecular weight excluding hydrogens is 318 g/mol. The van der Waals surface area contributed by atoms with Crippen molar-refractivity contribution in [3.05, 3.63) is 50.3 Å². The van der Waals surface area contributed by atoms with Crippen molar-refractivity contribution in [3.8, 4) is 5.75 Å². The summed E-state index contributed by atoms with van der Waals surface area (Å²) < 4.78 is 0. The summed E-state index contributed by atoms with van der Waals surface area (Å²) in [5.41, 5.74) is 5.81. The highest BCUT2D eigenvalue weighted by Crippen LogP contribution is 2.22. The Hall–Kier alpha value is -2.34. The average Bonchev–Trinajstić information content (AvgIpc) is 2.63. The molecule has 0 saturated carbocycles. The Labute approximate surface area is 147 Å². The maximum Gasteiger partial charge on any atom is 0.256 e. The molecule has 134 valence electrons. The highest BCUT2D eigenvalue weighted by molar-refractivity contribution is 5.71. The van der Waals surface area contributed by atoms with Gasteiger partial charge in [0.1, 0.15) is 5.69 Å². The van der Waals surface area contributed by atoms with Gasteiger partial charge >= 0.3 is 0 Å². The summed E-state index contributed by atoms with van der Waals surface area (Å²) >= 11 is 0. The van der Waals surface area contributed by atoms with Gasteiger partial charge in [-0.05, 0) is 50.0 Å². The van der Waals surface area contributed by atoms with Crippen LogP contribution in [0, 0.1) is 0 Å². The number of rotatable bonds is 7. The molecule has 0 spiro atoms. The summed E-state index contributed by atoms with van der Waals surface area (Å²) in [6.45, 7) is 5.63. The molecule has 0 unspecified atom stereocenters. The van der Waals surface area contributed by atoms with Gasteiger partial charge in [-0.3, -0.25) is 14.5 Å². The van der Waals surface area contributed by atoms with Crippen LogP contribution in [0.15, 0.2) is 33.9 Å². The molecular formula is C19H25N3O3. The predicted octanol–water partition coefficient (Wildman–Crippen LogP) is 2.06. The van der Waals surface area contributed by atoms with Crippen molar-refractivity contribution in [1.29, 1.82) is 0 Å². The van der Waals surface area contributed by atoms with E-state index < -0.39 is 10.9 Å². The van der Waals surface area contributed by atoms with Crippen molar-refractivity contribution in [2.45, 2.75) is 39.2 Å². The van der Waals surface area contributed by atoms with Gasteiger partial charge in [0.2, 0.25) is 0 Å². The van der Waals surface area contributed by atoms with Crippen LogP contribution in [0.5, 0.6) is 5.75 Å². The third-order valence-corrected chi connectivity index (χ3v) is 4.57. The minimum Gasteiger partial charge on any atom is -0.394 e. The number of likely N-dealkylation sites (tertiary alicyclic amines) is 1. The molecule has 1 heterocycles. The van der Waals surface area contributed by atoms with E-state index in [4.69, 9.17) is 10.6 Å². The van der Waals surface area contributed by atoms with Crippen LogP contribution in [-0.4, -0.2) is 24.5 Å². The number of hydrogen-bond donors (Lipinski definition) is 1. The number of benzene rings is 1. The summed E-state index contributed by atoms with van der Waals surface area (Å²) in [5, 5.41) is 1.44. The van der Waals surface area contributed by atoms with Gasteiger partial charge in [0, 0.05) is 6.54 Å². The van der Waals surface area contributed by atoms with Gasteiger partial charge in [-0.25, -0.2) is 5.06 Å². The first-order valence-electron chi connectivity index (χ1n) is 8.95. The van der Waals surface area contributed by atoms with Gasteiger partial charge < -0.3 is 10.6 Å². The average molecular weight is 343 g/mol. The quantitative estimate of drug-likeness (QED) is 0.613. The number of hydrogen-bond acceptors (Lipinski definition) is 6. The second-order valence-corrected chi connectivity index (χ2v) is 6.60. The fourth-order valence-corrected chi connectivity index (χ4v) is 3.25. The van der Waals surface area contributed by atoms with E-state index in [-0.39, 0.29) is 11.4 Å². The fraction of sp³-hybridized carbons (Fsp3) is 0.474. The van der Waals surface area contributed by atoms with E-state index in [1.54, 1.807) is 0 Å². The van der Waals surface area contributed by atoms with Crippen LogP contribution in [0.4, 0.5) is 11.4 Å². The molecule has 0 aliphatic carbocycles. The van der Waals surface area contributed by atoms with Crippen molar-refractivity contribution >= 4 is 11.4 Å². The summed E-state index contributed by atoms with van der Waals surface area (Å²) in [4.78, 5) is 31.5. The van der Waals surface area contributed by atoms with Gasteiger partial charge in [0.15, 0.2) is 11.4 Å². The van der Waals surface area contributed by atoms with Crippen molar-refractivity contribution in [2.24, 2.45) is 0 Å². The van der Waals surface area contributed by atoms with E-state index in [9.17, 15) is 9.59 Å². The van der Waals surface area contributed by atoms with Crippen LogP contribution in [0.3, 0.4) is 0 Å². The van der Waals surface area contributed by atoms with E-state index >= 15 is 0 Å². The third kappa shape index (κ3) is 3.85. The highest BCUT2D eigenvalue weighted by atomic mass is 16.7. The second-order valence-electron chi connectivity index (χ2n) is 6.60. The maximum absolute atomic E-state index is 11.8. The summed E-state index contributed by atoms with van der Waals surface area (Å²) in [5.74, 6) is 0.649. The summed E-state index contributed by atoms with van der Waals surface area (Å²) in [7, 11) is 0. The van der Waals surface area contributed by atoms with E-state index in [1.165, 1.54) is 29.9 Å². The Morgan fingerprint density at radius 3 is 2.60 bits per heavy atom. The van der Waals surface area contributed by atoms with Gasteiger partial charge in [-0.1, -0.05) is 25.5 Å². The molecule has 1 fully saturated rings. The van der Waals surface area contributed by atoms with Crippen LogP contribution in [0.2, 0.25) is 0 Å². The van der Waals surface area contributed by atoms with Gasteiger partial charge in [-0.2, -0.15) is 0 Å². The number of nitrogens with zero attached hydrogens (tertiary/aromatic N) is 2. The molecule has 25 heavy (non-hydrogen) atoms. The van der Waals surface area contributed by atoms with Crippen LogP contribution >= 0.6 is 0 Å². The van der Waals surface area contributed by atoms with E-state index in [2.05, 4.69) is 11.0 Å². The first kappa shape index (κ1) is 17.5.